The molecular weight excluding hydrogens is 292 g/mol. The zero-order valence-electron chi connectivity index (χ0n) is 8.44. The van der Waals surface area contributed by atoms with E-state index < -0.39 is 0 Å². The van der Waals surface area contributed by atoms with Gasteiger partial charge in [0.05, 0.1) is 10.0 Å². The van der Waals surface area contributed by atoms with Gasteiger partial charge in [-0.2, -0.15) is 0 Å². The second kappa shape index (κ2) is 3.56. The summed E-state index contributed by atoms with van der Waals surface area (Å²) in [7, 11) is 0. The van der Waals surface area contributed by atoms with Crippen molar-refractivity contribution in [3.63, 3.8) is 0 Å². The SMILES string of the molecule is Nc1cc(-c2c(O)c(Br)cc3c2OCO3)no1. The van der Waals surface area contributed by atoms with Crippen molar-refractivity contribution in [2.24, 2.45) is 0 Å². The van der Waals surface area contributed by atoms with Crippen LogP contribution >= 0.6 is 15.9 Å². The average Bonchev–Trinajstić information content (AvgIpc) is 2.89. The van der Waals surface area contributed by atoms with Crippen LogP contribution < -0.4 is 15.2 Å². The molecule has 0 saturated heterocycles. The highest BCUT2D eigenvalue weighted by Crippen LogP contribution is 2.49. The third kappa shape index (κ3) is 1.50. The van der Waals surface area contributed by atoms with Crippen LogP contribution in [0, 0.1) is 0 Å². The van der Waals surface area contributed by atoms with Crippen molar-refractivity contribution >= 4 is 21.8 Å². The first-order valence-corrected chi connectivity index (χ1v) is 5.49. The summed E-state index contributed by atoms with van der Waals surface area (Å²) in [5.41, 5.74) is 6.24. The first-order chi connectivity index (χ1) is 8.16. The number of anilines is 1. The minimum absolute atomic E-state index is 0.00236. The lowest BCUT2D eigenvalue weighted by atomic mass is 10.1. The van der Waals surface area contributed by atoms with E-state index in [0.29, 0.717) is 27.2 Å². The number of aromatic hydroxyl groups is 1. The van der Waals surface area contributed by atoms with Crippen molar-refractivity contribution in [2.45, 2.75) is 0 Å². The summed E-state index contributed by atoms with van der Waals surface area (Å²) in [6, 6.07) is 3.13. The number of hydrogen-bond donors (Lipinski definition) is 2. The van der Waals surface area contributed by atoms with Gasteiger partial charge in [-0.1, -0.05) is 5.16 Å². The van der Waals surface area contributed by atoms with E-state index in [1.807, 2.05) is 0 Å². The molecule has 17 heavy (non-hydrogen) atoms. The summed E-state index contributed by atoms with van der Waals surface area (Å²) < 4.78 is 15.8. The number of phenols is 1. The second-order valence-corrected chi connectivity index (χ2v) is 4.28. The fraction of sp³-hybridized carbons (Fsp3) is 0.100. The predicted molar refractivity (Wildman–Crippen MR) is 61.8 cm³/mol. The summed E-state index contributed by atoms with van der Waals surface area (Å²) in [6.07, 6.45) is 0. The van der Waals surface area contributed by atoms with Crippen LogP contribution in [0.25, 0.3) is 11.3 Å². The smallest absolute Gasteiger partial charge is 0.231 e. The Labute approximate surface area is 104 Å². The summed E-state index contributed by atoms with van der Waals surface area (Å²) >= 11 is 3.23. The third-order valence-electron chi connectivity index (χ3n) is 2.37. The molecule has 0 unspecified atom stereocenters. The number of nitrogen functional groups attached to an aromatic ring is 1. The van der Waals surface area contributed by atoms with E-state index in [1.54, 1.807) is 6.07 Å². The topological polar surface area (TPSA) is 90.7 Å². The Morgan fingerprint density at radius 2 is 2.18 bits per heavy atom. The molecule has 2 aromatic rings. The van der Waals surface area contributed by atoms with E-state index in [1.165, 1.54) is 6.07 Å². The molecule has 0 aliphatic carbocycles. The van der Waals surface area contributed by atoms with Gasteiger partial charge in [-0.05, 0) is 15.9 Å². The molecule has 0 saturated carbocycles. The Morgan fingerprint density at radius 3 is 2.88 bits per heavy atom. The molecule has 2 heterocycles. The molecular formula is C10H7BrN2O4. The number of ether oxygens (including phenoxy) is 2. The number of hydrogen-bond acceptors (Lipinski definition) is 6. The first-order valence-electron chi connectivity index (χ1n) is 4.70. The number of aromatic nitrogens is 1. The number of fused-ring (bicyclic) bond motifs is 1. The average molecular weight is 299 g/mol. The van der Waals surface area contributed by atoms with E-state index in [4.69, 9.17) is 19.7 Å². The normalized spacial score (nSPS) is 13.0. The zero-order valence-corrected chi connectivity index (χ0v) is 10.0. The molecule has 0 radical (unpaired) electrons. The Hall–Kier alpha value is -1.89. The molecule has 1 aromatic heterocycles. The van der Waals surface area contributed by atoms with Crippen LogP contribution in [0.3, 0.4) is 0 Å². The molecule has 0 bridgehead atoms. The van der Waals surface area contributed by atoms with Gasteiger partial charge in [0.15, 0.2) is 11.5 Å². The highest BCUT2D eigenvalue weighted by Gasteiger charge is 2.26. The minimum atomic E-state index is 0.00236. The van der Waals surface area contributed by atoms with Gasteiger partial charge in [0.1, 0.15) is 11.4 Å². The molecule has 1 aliphatic heterocycles. The van der Waals surface area contributed by atoms with E-state index in [0.717, 1.165) is 0 Å². The van der Waals surface area contributed by atoms with Crippen LogP contribution in [0.1, 0.15) is 0 Å². The second-order valence-electron chi connectivity index (χ2n) is 3.43. The predicted octanol–water partition coefficient (Wildman–Crippen LogP) is 2.12. The fourth-order valence-corrected chi connectivity index (χ4v) is 2.05. The Morgan fingerprint density at radius 1 is 1.35 bits per heavy atom. The zero-order chi connectivity index (χ0) is 12.0. The van der Waals surface area contributed by atoms with Gasteiger partial charge in [-0.3, -0.25) is 0 Å². The lowest BCUT2D eigenvalue weighted by Crippen LogP contribution is -1.93. The number of rotatable bonds is 1. The molecule has 7 heteroatoms. The summed E-state index contributed by atoms with van der Waals surface area (Å²) in [4.78, 5) is 0. The highest BCUT2D eigenvalue weighted by atomic mass is 79.9. The number of nitrogens with zero attached hydrogens (tertiary/aromatic N) is 1. The molecule has 0 fully saturated rings. The van der Waals surface area contributed by atoms with Crippen molar-refractivity contribution in [2.75, 3.05) is 12.5 Å². The van der Waals surface area contributed by atoms with Gasteiger partial charge in [0.25, 0.3) is 0 Å². The Kier molecular flexibility index (Phi) is 2.15. The molecule has 0 atom stereocenters. The summed E-state index contributed by atoms with van der Waals surface area (Å²) in [5.74, 6) is 1.12. The number of halogens is 1. The summed E-state index contributed by atoms with van der Waals surface area (Å²) in [5, 5.41) is 13.8. The van der Waals surface area contributed by atoms with Gasteiger partial charge >= 0.3 is 0 Å². The maximum absolute atomic E-state index is 10.0. The maximum atomic E-state index is 10.0. The quantitative estimate of drug-likeness (QED) is 0.838. The van der Waals surface area contributed by atoms with Crippen molar-refractivity contribution in [1.29, 1.82) is 0 Å². The van der Waals surface area contributed by atoms with Crippen molar-refractivity contribution in [3.05, 3.63) is 16.6 Å². The van der Waals surface area contributed by atoms with Crippen molar-refractivity contribution in [1.82, 2.24) is 5.16 Å². The number of phenolic OH excluding ortho intramolecular Hbond substituents is 1. The van der Waals surface area contributed by atoms with Crippen LogP contribution in [0.15, 0.2) is 21.1 Å². The minimum Gasteiger partial charge on any atom is -0.506 e. The molecule has 6 nitrogen and oxygen atoms in total. The lowest BCUT2D eigenvalue weighted by Gasteiger charge is -2.07. The molecule has 3 rings (SSSR count). The van der Waals surface area contributed by atoms with Gasteiger partial charge in [-0.25, -0.2) is 0 Å². The largest absolute Gasteiger partial charge is 0.506 e. The van der Waals surface area contributed by atoms with Gasteiger partial charge in [-0.15, -0.1) is 0 Å². The maximum Gasteiger partial charge on any atom is 0.231 e. The van der Waals surface area contributed by atoms with Gasteiger partial charge in [0, 0.05) is 12.1 Å². The van der Waals surface area contributed by atoms with E-state index in [-0.39, 0.29) is 18.4 Å². The van der Waals surface area contributed by atoms with Crippen molar-refractivity contribution in [3.8, 4) is 28.5 Å². The van der Waals surface area contributed by atoms with E-state index in [2.05, 4.69) is 21.1 Å². The van der Waals surface area contributed by atoms with E-state index >= 15 is 0 Å². The molecule has 0 spiro atoms. The first kappa shape index (κ1) is 10.3. The van der Waals surface area contributed by atoms with Crippen LogP contribution in [0.4, 0.5) is 5.88 Å². The standard InChI is InChI=1S/C10H7BrN2O4/c11-4-1-6-10(16-3-15-6)8(9(4)14)5-2-7(12)17-13-5/h1-2,14H,3,12H2. The lowest BCUT2D eigenvalue weighted by molar-refractivity contribution is 0.174. The highest BCUT2D eigenvalue weighted by molar-refractivity contribution is 9.10. The van der Waals surface area contributed by atoms with Crippen LogP contribution in [0.2, 0.25) is 0 Å². The Balaban J connectivity index is 2.28. The third-order valence-corrected chi connectivity index (χ3v) is 2.98. The molecule has 1 aromatic carbocycles. The molecule has 1 aliphatic rings. The van der Waals surface area contributed by atoms with Gasteiger partial charge in [0.2, 0.25) is 12.7 Å². The Bertz CT molecular complexity index is 596. The van der Waals surface area contributed by atoms with E-state index in [9.17, 15) is 5.11 Å². The van der Waals surface area contributed by atoms with Gasteiger partial charge < -0.3 is 24.8 Å². The number of benzene rings is 1. The van der Waals surface area contributed by atoms with Crippen LogP contribution in [-0.4, -0.2) is 17.1 Å². The fourth-order valence-electron chi connectivity index (χ4n) is 1.65. The van der Waals surface area contributed by atoms with Crippen molar-refractivity contribution < 1.29 is 19.1 Å². The summed E-state index contributed by atoms with van der Waals surface area (Å²) in [6.45, 7) is 0.103. The number of nitrogens with two attached hydrogens (primary N) is 1. The van der Waals surface area contributed by atoms with Crippen LogP contribution in [0.5, 0.6) is 17.2 Å². The van der Waals surface area contributed by atoms with Crippen LogP contribution in [-0.2, 0) is 0 Å². The molecule has 3 N–H and O–H groups in total. The molecule has 0 amide bonds. The molecule has 88 valence electrons. The monoisotopic (exact) mass is 298 g/mol.